The summed E-state index contributed by atoms with van der Waals surface area (Å²) >= 11 is 0. The summed E-state index contributed by atoms with van der Waals surface area (Å²) in [5, 5.41) is 3.46. The van der Waals surface area contributed by atoms with Crippen molar-refractivity contribution in [3.05, 3.63) is 0 Å². The van der Waals surface area contributed by atoms with Crippen LogP contribution in [0.4, 0.5) is 0 Å². The molecule has 1 unspecified atom stereocenters. The predicted octanol–water partition coefficient (Wildman–Crippen LogP) is 2.11. The van der Waals surface area contributed by atoms with E-state index in [-0.39, 0.29) is 0 Å². The summed E-state index contributed by atoms with van der Waals surface area (Å²) in [5.74, 6) is 1.99. The van der Waals surface area contributed by atoms with Gasteiger partial charge in [-0.15, -0.1) is 0 Å². The first kappa shape index (κ1) is 11.4. The molecule has 2 aliphatic rings. The fourth-order valence-electron chi connectivity index (χ4n) is 2.50. The number of hydrogen-bond donors (Lipinski definition) is 1. The van der Waals surface area contributed by atoms with Crippen LogP contribution in [0.3, 0.4) is 0 Å². The number of nitrogens with one attached hydrogen (secondary N) is 1. The van der Waals surface area contributed by atoms with Crippen LogP contribution in [0.2, 0.25) is 0 Å². The normalized spacial score (nSPS) is 26.8. The van der Waals surface area contributed by atoms with E-state index in [1.807, 2.05) is 0 Å². The van der Waals surface area contributed by atoms with Crippen molar-refractivity contribution in [1.82, 2.24) is 10.2 Å². The van der Waals surface area contributed by atoms with E-state index < -0.39 is 0 Å². The molecule has 1 atom stereocenters. The van der Waals surface area contributed by atoms with E-state index in [2.05, 4.69) is 24.1 Å². The van der Waals surface area contributed by atoms with Gasteiger partial charge in [-0.2, -0.15) is 0 Å². The Bertz CT molecular complexity index is 181. The van der Waals surface area contributed by atoms with E-state index in [4.69, 9.17) is 0 Å². The van der Waals surface area contributed by atoms with Gasteiger partial charge in [0.1, 0.15) is 0 Å². The fourth-order valence-corrected chi connectivity index (χ4v) is 2.50. The molecule has 2 fully saturated rings. The SMILES string of the molecule is CC(C)N(CCC1CCNC1)CC1CC1. The lowest BCUT2D eigenvalue weighted by atomic mass is 10.0. The predicted molar refractivity (Wildman–Crippen MR) is 65.0 cm³/mol. The third-order valence-electron chi connectivity index (χ3n) is 3.91. The second-order valence-electron chi connectivity index (χ2n) is 5.68. The average molecular weight is 210 g/mol. The Hall–Kier alpha value is -0.0800. The van der Waals surface area contributed by atoms with Crippen molar-refractivity contribution < 1.29 is 0 Å². The van der Waals surface area contributed by atoms with Gasteiger partial charge in [0.05, 0.1) is 0 Å². The molecular weight excluding hydrogens is 184 g/mol. The molecule has 1 heterocycles. The van der Waals surface area contributed by atoms with Crippen molar-refractivity contribution in [2.75, 3.05) is 26.2 Å². The maximum absolute atomic E-state index is 3.46. The maximum atomic E-state index is 3.46. The molecule has 15 heavy (non-hydrogen) atoms. The lowest BCUT2D eigenvalue weighted by molar-refractivity contribution is 0.199. The van der Waals surface area contributed by atoms with Crippen molar-refractivity contribution in [2.24, 2.45) is 11.8 Å². The first-order valence-electron chi connectivity index (χ1n) is 6.70. The minimum absolute atomic E-state index is 0.736. The van der Waals surface area contributed by atoms with Gasteiger partial charge in [-0.1, -0.05) is 0 Å². The van der Waals surface area contributed by atoms with Gasteiger partial charge in [-0.3, -0.25) is 0 Å². The minimum Gasteiger partial charge on any atom is -0.316 e. The smallest absolute Gasteiger partial charge is 0.00387 e. The lowest BCUT2D eigenvalue weighted by Crippen LogP contribution is -2.34. The summed E-state index contributed by atoms with van der Waals surface area (Å²) in [7, 11) is 0. The molecule has 2 heteroatoms. The van der Waals surface area contributed by atoms with Gasteiger partial charge < -0.3 is 10.2 Å². The van der Waals surface area contributed by atoms with Crippen molar-refractivity contribution >= 4 is 0 Å². The number of hydrogen-bond acceptors (Lipinski definition) is 2. The molecule has 0 aromatic heterocycles. The zero-order chi connectivity index (χ0) is 10.7. The largest absolute Gasteiger partial charge is 0.316 e. The van der Waals surface area contributed by atoms with Gasteiger partial charge in [-0.25, -0.2) is 0 Å². The molecule has 2 rings (SSSR count). The van der Waals surface area contributed by atoms with Gasteiger partial charge >= 0.3 is 0 Å². The molecule has 88 valence electrons. The van der Waals surface area contributed by atoms with Gasteiger partial charge in [0.2, 0.25) is 0 Å². The summed E-state index contributed by atoms with van der Waals surface area (Å²) in [6.45, 7) is 9.87. The zero-order valence-electron chi connectivity index (χ0n) is 10.3. The highest BCUT2D eigenvalue weighted by molar-refractivity contribution is 4.80. The van der Waals surface area contributed by atoms with Crippen molar-refractivity contribution in [3.8, 4) is 0 Å². The molecule has 0 aromatic carbocycles. The molecular formula is C13H26N2. The Balaban J connectivity index is 1.67. The molecule has 1 N–H and O–H groups in total. The number of nitrogens with zero attached hydrogens (tertiary/aromatic N) is 1. The third-order valence-corrected chi connectivity index (χ3v) is 3.91. The summed E-state index contributed by atoms with van der Waals surface area (Å²) in [4.78, 5) is 2.69. The van der Waals surface area contributed by atoms with E-state index in [1.54, 1.807) is 0 Å². The molecule has 1 saturated carbocycles. The third kappa shape index (κ3) is 3.76. The van der Waals surface area contributed by atoms with Crippen molar-refractivity contribution in [1.29, 1.82) is 0 Å². The van der Waals surface area contributed by atoms with Gasteiger partial charge in [-0.05, 0) is 71.0 Å². The van der Waals surface area contributed by atoms with Crippen LogP contribution in [0.15, 0.2) is 0 Å². The second-order valence-corrected chi connectivity index (χ2v) is 5.68. The highest BCUT2D eigenvalue weighted by atomic mass is 15.1. The van der Waals surface area contributed by atoms with Crippen LogP contribution in [0.1, 0.15) is 39.5 Å². The maximum Gasteiger partial charge on any atom is 0.00387 e. The molecule has 1 aliphatic carbocycles. The van der Waals surface area contributed by atoms with Crippen LogP contribution < -0.4 is 5.32 Å². The Kier molecular flexibility index (Phi) is 4.04. The second kappa shape index (κ2) is 5.31. The van der Waals surface area contributed by atoms with E-state index in [0.717, 1.165) is 17.9 Å². The van der Waals surface area contributed by atoms with Crippen LogP contribution >= 0.6 is 0 Å². The quantitative estimate of drug-likeness (QED) is 0.722. The van der Waals surface area contributed by atoms with Crippen LogP contribution in [-0.4, -0.2) is 37.1 Å². The fraction of sp³-hybridized carbons (Fsp3) is 1.00. The lowest BCUT2D eigenvalue weighted by Gasteiger charge is -2.27. The zero-order valence-corrected chi connectivity index (χ0v) is 10.3. The molecule has 2 nitrogen and oxygen atoms in total. The molecule has 1 saturated heterocycles. The van der Waals surface area contributed by atoms with Gasteiger partial charge in [0.25, 0.3) is 0 Å². The molecule has 1 aliphatic heterocycles. The molecule has 0 bridgehead atoms. The molecule has 0 spiro atoms. The van der Waals surface area contributed by atoms with Crippen LogP contribution in [0.5, 0.6) is 0 Å². The summed E-state index contributed by atoms with van der Waals surface area (Å²) < 4.78 is 0. The highest BCUT2D eigenvalue weighted by Gasteiger charge is 2.26. The van der Waals surface area contributed by atoms with Crippen molar-refractivity contribution in [2.45, 2.75) is 45.6 Å². The van der Waals surface area contributed by atoms with Crippen LogP contribution in [-0.2, 0) is 0 Å². The standard InChI is InChI=1S/C13H26N2/c1-11(2)15(10-13-3-4-13)8-6-12-5-7-14-9-12/h11-14H,3-10H2,1-2H3. The van der Waals surface area contributed by atoms with Crippen LogP contribution in [0, 0.1) is 11.8 Å². The Morgan fingerprint density at radius 3 is 2.53 bits per heavy atom. The Labute approximate surface area is 94.4 Å². The molecule has 0 amide bonds. The Morgan fingerprint density at radius 1 is 1.20 bits per heavy atom. The van der Waals surface area contributed by atoms with Crippen LogP contribution in [0.25, 0.3) is 0 Å². The summed E-state index contributed by atoms with van der Waals surface area (Å²) in [5.41, 5.74) is 0. The summed E-state index contributed by atoms with van der Waals surface area (Å²) in [6, 6.07) is 0.736. The van der Waals surface area contributed by atoms with E-state index in [1.165, 1.54) is 51.9 Å². The van der Waals surface area contributed by atoms with E-state index in [9.17, 15) is 0 Å². The summed E-state index contributed by atoms with van der Waals surface area (Å²) in [6.07, 6.45) is 5.76. The first-order valence-corrected chi connectivity index (χ1v) is 6.70. The van der Waals surface area contributed by atoms with Crippen molar-refractivity contribution in [3.63, 3.8) is 0 Å². The average Bonchev–Trinajstić information content (AvgIpc) is 2.87. The topological polar surface area (TPSA) is 15.3 Å². The molecule has 0 radical (unpaired) electrons. The first-order chi connectivity index (χ1) is 7.25. The molecule has 0 aromatic rings. The van der Waals surface area contributed by atoms with E-state index >= 15 is 0 Å². The van der Waals surface area contributed by atoms with Gasteiger partial charge in [0, 0.05) is 12.6 Å². The Morgan fingerprint density at radius 2 is 2.00 bits per heavy atom. The van der Waals surface area contributed by atoms with Gasteiger partial charge in [0.15, 0.2) is 0 Å². The highest BCUT2D eigenvalue weighted by Crippen LogP contribution is 2.30. The monoisotopic (exact) mass is 210 g/mol. The minimum atomic E-state index is 0.736. The van der Waals surface area contributed by atoms with E-state index in [0.29, 0.717) is 0 Å². The number of rotatable bonds is 6.